The molecule has 0 unspecified atom stereocenters. The van der Waals surface area contributed by atoms with Crippen molar-refractivity contribution >= 4 is 26.8 Å². The Labute approximate surface area is 289 Å². The Morgan fingerprint density at radius 3 is 1.58 bits per heavy atom. The largest absolute Gasteiger partial charge is 0.248 e. The first-order chi connectivity index (χ1) is 23.7. The lowest BCUT2D eigenvalue weighted by atomic mass is 9.60. The Morgan fingerprint density at radius 1 is 0.396 bits per heavy atom. The Hall–Kier alpha value is -5.57. The van der Waals surface area contributed by atoms with Crippen LogP contribution in [0.25, 0.3) is 55.5 Å². The van der Waals surface area contributed by atoms with Crippen molar-refractivity contribution < 1.29 is 0 Å². The monoisotopic (exact) mass is 675 g/mol. The highest BCUT2D eigenvalue weighted by molar-refractivity contribution is 9.10. The summed E-state index contributed by atoms with van der Waals surface area (Å²) >= 11 is 3.59. The van der Waals surface area contributed by atoms with Gasteiger partial charge in [0.15, 0.2) is 0 Å². The summed E-state index contributed by atoms with van der Waals surface area (Å²) in [6.45, 7) is 0. The van der Waals surface area contributed by atoms with E-state index >= 15 is 0 Å². The Morgan fingerprint density at radius 2 is 0.938 bits per heavy atom. The maximum absolute atomic E-state index is 5.33. The number of hydrogen-bond acceptors (Lipinski definition) is 1. The van der Waals surface area contributed by atoms with Crippen molar-refractivity contribution in [3.05, 3.63) is 209 Å². The van der Waals surface area contributed by atoms with E-state index in [-0.39, 0.29) is 0 Å². The van der Waals surface area contributed by atoms with E-state index in [2.05, 4.69) is 198 Å². The van der Waals surface area contributed by atoms with E-state index in [4.69, 9.17) is 4.98 Å². The third-order valence-electron chi connectivity index (χ3n) is 9.83. The molecule has 0 fully saturated rings. The minimum Gasteiger partial charge on any atom is -0.248 e. The number of rotatable bonds is 5. The Kier molecular flexibility index (Phi) is 6.92. The van der Waals surface area contributed by atoms with Gasteiger partial charge in [0.1, 0.15) is 0 Å². The van der Waals surface area contributed by atoms with Gasteiger partial charge >= 0.3 is 0 Å². The van der Waals surface area contributed by atoms with E-state index in [0.717, 1.165) is 21.2 Å². The van der Waals surface area contributed by atoms with Gasteiger partial charge in [0.05, 0.1) is 16.6 Å². The molecule has 9 rings (SSSR count). The first-order valence-corrected chi connectivity index (χ1v) is 17.1. The standard InChI is InChI=1S/C46H30BrN/c47-38-16-9-11-35(29-38)33-23-21-31(22-24-33)32-25-27-34(28-26-32)44-30-40-39-17-7-8-18-41(39)46(36-12-3-1-4-13-36,37-14-5-2-6-15-37)42-19-10-20-43(48-44)45(40)42/h1-30H. The smallest absolute Gasteiger partial charge is 0.0719 e. The number of benzene rings is 7. The van der Waals surface area contributed by atoms with Gasteiger partial charge in [0.25, 0.3) is 0 Å². The average Bonchev–Trinajstić information content (AvgIpc) is 3.16. The average molecular weight is 677 g/mol. The summed E-state index contributed by atoms with van der Waals surface area (Å²) in [6.07, 6.45) is 0. The lowest BCUT2D eigenvalue weighted by Crippen LogP contribution is -2.33. The fourth-order valence-corrected chi connectivity index (χ4v) is 8.07. The number of hydrogen-bond donors (Lipinski definition) is 0. The van der Waals surface area contributed by atoms with E-state index in [9.17, 15) is 0 Å². The van der Waals surface area contributed by atoms with Crippen LogP contribution < -0.4 is 0 Å². The second-order valence-electron chi connectivity index (χ2n) is 12.4. The maximum Gasteiger partial charge on any atom is 0.0719 e. The van der Waals surface area contributed by atoms with Gasteiger partial charge in [-0.3, -0.25) is 0 Å². The summed E-state index contributed by atoms with van der Waals surface area (Å²) in [5.41, 5.74) is 15.0. The van der Waals surface area contributed by atoms with Crippen LogP contribution in [0.5, 0.6) is 0 Å². The molecule has 7 aromatic carbocycles. The summed E-state index contributed by atoms with van der Waals surface area (Å²) in [6, 6.07) is 65.8. The predicted octanol–water partition coefficient (Wildman–Crippen LogP) is 12.4. The Bertz CT molecular complexity index is 2390. The molecule has 1 nitrogen and oxygen atoms in total. The normalized spacial score (nSPS) is 12.9. The molecular weight excluding hydrogens is 646 g/mol. The van der Waals surface area contributed by atoms with E-state index in [1.165, 1.54) is 61.0 Å². The fourth-order valence-electron chi connectivity index (χ4n) is 7.67. The molecular formula is C46H30BrN. The molecule has 0 radical (unpaired) electrons. The van der Waals surface area contributed by atoms with E-state index < -0.39 is 5.41 Å². The van der Waals surface area contributed by atoms with Crippen LogP contribution in [0.2, 0.25) is 0 Å². The van der Waals surface area contributed by atoms with Crippen molar-refractivity contribution in [1.29, 1.82) is 0 Å². The molecule has 48 heavy (non-hydrogen) atoms. The first kappa shape index (κ1) is 28.6. The number of aromatic nitrogens is 1. The fraction of sp³-hybridized carbons (Fsp3) is 0.0217. The topological polar surface area (TPSA) is 12.9 Å². The van der Waals surface area contributed by atoms with Crippen molar-refractivity contribution in [3.8, 4) is 44.6 Å². The van der Waals surface area contributed by atoms with Crippen LogP contribution in [0.1, 0.15) is 22.3 Å². The molecule has 0 amide bonds. The predicted molar refractivity (Wildman–Crippen MR) is 203 cm³/mol. The molecule has 0 atom stereocenters. The lowest BCUT2D eigenvalue weighted by molar-refractivity contribution is 0.749. The zero-order valence-electron chi connectivity index (χ0n) is 26.1. The number of nitrogens with zero attached hydrogens (tertiary/aromatic N) is 1. The highest BCUT2D eigenvalue weighted by atomic mass is 79.9. The molecule has 1 aliphatic carbocycles. The second kappa shape index (κ2) is 11.6. The zero-order chi connectivity index (χ0) is 32.1. The van der Waals surface area contributed by atoms with Gasteiger partial charge in [0.2, 0.25) is 0 Å². The van der Waals surface area contributed by atoms with Gasteiger partial charge in [-0.25, -0.2) is 4.98 Å². The summed E-state index contributed by atoms with van der Waals surface area (Å²) in [4.78, 5) is 5.33. The van der Waals surface area contributed by atoms with Crippen molar-refractivity contribution in [1.82, 2.24) is 4.98 Å². The van der Waals surface area contributed by atoms with E-state index in [1.54, 1.807) is 0 Å². The summed E-state index contributed by atoms with van der Waals surface area (Å²) in [7, 11) is 0. The highest BCUT2D eigenvalue weighted by Crippen LogP contribution is 2.55. The first-order valence-electron chi connectivity index (χ1n) is 16.3. The van der Waals surface area contributed by atoms with Gasteiger partial charge in [0, 0.05) is 15.4 Å². The van der Waals surface area contributed by atoms with Crippen LogP contribution in [0, 0.1) is 0 Å². The number of halogens is 1. The molecule has 0 N–H and O–H groups in total. The second-order valence-corrected chi connectivity index (χ2v) is 13.4. The molecule has 8 aromatic rings. The minimum atomic E-state index is -0.469. The third kappa shape index (κ3) is 4.56. The van der Waals surface area contributed by atoms with Crippen molar-refractivity contribution in [2.75, 3.05) is 0 Å². The molecule has 1 heterocycles. The van der Waals surface area contributed by atoms with Crippen LogP contribution in [0.4, 0.5) is 0 Å². The molecule has 226 valence electrons. The SMILES string of the molecule is Brc1cccc(-c2ccc(-c3ccc(-c4cc5c6c(cccc6n4)C(c4ccccc4)(c4ccccc4)c4ccccc4-5)cc3)cc2)c1. The van der Waals surface area contributed by atoms with Crippen molar-refractivity contribution in [3.63, 3.8) is 0 Å². The van der Waals surface area contributed by atoms with Gasteiger partial charge in [-0.2, -0.15) is 0 Å². The highest BCUT2D eigenvalue weighted by Gasteiger charge is 2.44. The van der Waals surface area contributed by atoms with Gasteiger partial charge in [-0.05, 0) is 79.9 Å². The summed E-state index contributed by atoms with van der Waals surface area (Å²) in [5.74, 6) is 0. The maximum atomic E-state index is 5.33. The molecule has 1 aliphatic rings. The summed E-state index contributed by atoms with van der Waals surface area (Å²) < 4.78 is 1.09. The van der Waals surface area contributed by atoms with Crippen LogP contribution in [-0.2, 0) is 5.41 Å². The van der Waals surface area contributed by atoms with Crippen molar-refractivity contribution in [2.45, 2.75) is 5.41 Å². The van der Waals surface area contributed by atoms with Crippen LogP contribution in [-0.4, -0.2) is 4.98 Å². The van der Waals surface area contributed by atoms with Gasteiger partial charge in [-0.15, -0.1) is 0 Å². The number of fused-ring (bicyclic) bond motifs is 2. The van der Waals surface area contributed by atoms with Crippen LogP contribution >= 0.6 is 15.9 Å². The zero-order valence-corrected chi connectivity index (χ0v) is 27.7. The minimum absolute atomic E-state index is 0.469. The molecule has 0 bridgehead atoms. The Balaban J connectivity index is 1.18. The molecule has 0 spiro atoms. The van der Waals surface area contributed by atoms with Crippen LogP contribution in [0.15, 0.2) is 186 Å². The number of pyridine rings is 1. The molecule has 1 aromatic heterocycles. The van der Waals surface area contributed by atoms with E-state index in [0.29, 0.717) is 0 Å². The quantitative estimate of drug-likeness (QED) is 0.177. The van der Waals surface area contributed by atoms with Gasteiger partial charge < -0.3 is 0 Å². The summed E-state index contributed by atoms with van der Waals surface area (Å²) in [5, 5.41) is 1.22. The molecule has 0 saturated carbocycles. The third-order valence-corrected chi connectivity index (χ3v) is 10.3. The van der Waals surface area contributed by atoms with Crippen molar-refractivity contribution in [2.24, 2.45) is 0 Å². The molecule has 2 heteroatoms. The lowest BCUT2D eigenvalue weighted by Gasteiger charge is -2.42. The van der Waals surface area contributed by atoms with Crippen LogP contribution in [0.3, 0.4) is 0 Å². The molecule has 0 aliphatic heterocycles. The van der Waals surface area contributed by atoms with Gasteiger partial charge in [-0.1, -0.05) is 174 Å². The molecule has 0 saturated heterocycles. The van der Waals surface area contributed by atoms with E-state index in [1.807, 2.05) is 0 Å².